The molecule has 1 aliphatic heterocycles. The molecule has 0 fully saturated rings. The minimum Gasteiger partial charge on any atom is -1.00 e. The van der Waals surface area contributed by atoms with Crippen LogP contribution in [0.3, 0.4) is 0 Å². The van der Waals surface area contributed by atoms with Crippen LogP contribution in [-0.2, 0) is 18.8 Å². The fraction of sp³-hybridized carbons (Fsp3) is 0.150. The number of hydrogen-bond acceptors (Lipinski definition) is 2. The van der Waals surface area contributed by atoms with Crippen molar-refractivity contribution in [3.05, 3.63) is 94.1 Å². The van der Waals surface area contributed by atoms with Gasteiger partial charge >= 0.3 is 0 Å². The standard InChI is InChI=1S/C20H17Cl2N2O.BrH/c21-17-10-9-16(12-18(17)22)20(25)14-23-11-5-4-8-19(23)24(20)13-15-6-2-1-3-7-15;/h1-12,25H,13-14H2;1H/q+1;/p-1. The first-order valence-electron chi connectivity index (χ1n) is 8.06. The van der Waals surface area contributed by atoms with Gasteiger partial charge in [0.15, 0.2) is 6.54 Å². The molecule has 1 aromatic heterocycles. The van der Waals surface area contributed by atoms with Gasteiger partial charge in [-0.3, -0.25) is 0 Å². The Bertz CT molecular complexity index is 923. The summed E-state index contributed by atoms with van der Waals surface area (Å²) in [6.07, 6.45) is 1.98. The molecular formula is C20H17BrCl2N2O. The number of benzene rings is 2. The van der Waals surface area contributed by atoms with E-state index in [1.54, 1.807) is 12.1 Å². The van der Waals surface area contributed by atoms with Gasteiger partial charge in [-0.05, 0) is 23.8 Å². The van der Waals surface area contributed by atoms with Crippen molar-refractivity contribution in [1.82, 2.24) is 0 Å². The largest absolute Gasteiger partial charge is 1.00 e. The Kier molecular flexibility index (Phi) is 5.58. The molecule has 3 aromatic rings. The zero-order valence-electron chi connectivity index (χ0n) is 13.8. The molecule has 26 heavy (non-hydrogen) atoms. The van der Waals surface area contributed by atoms with Crippen molar-refractivity contribution < 1.29 is 26.7 Å². The van der Waals surface area contributed by atoms with Crippen molar-refractivity contribution in [2.75, 3.05) is 4.90 Å². The van der Waals surface area contributed by atoms with E-state index in [2.05, 4.69) is 12.1 Å². The number of rotatable bonds is 3. The summed E-state index contributed by atoms with van der Waals surface area (Å²) in [5.74, 6) is 0.958. The smallest absolute Gasteiger partial charge is 0.279 e. The highest BCUT2D eigenvalue weighted by Crippen LogP contribution is 2.38. The first-order chi connectivity index (χ1) is 12.1. The summed E-state index contributed by atoms with van der Waals surface area (Å²) < 4.78 is 2.05. The number of anilines is 1. The highest BCUT2D eigenvalue weighted by Gasteiger charge is 2.51. The Morgan fingerprint density at radius 1 is 0.962 bits per heavy atom. The fourth-order valence-corrected chi connectivity index (χ4v) is 3.63. The van der Waals surface area contributed by atoms with Crippen LogP contribution in [0.25, 0.3) is 0 Å². The van der Waals surface area contributed by atoms with Crippen LogP contribution >= 0.6 is 23.2 Å². The molecule has 0 radical (unpaired) electrons. The molecular weight excluding hydrogens is 435 g/mol. The Morgan fingerprint density at radius 3 is 2.42 bits per heavy atom. The lowest BCUT2D eigenvalue weighted by atomic mass is 10.0. The third-order valence-corrected chi connectivity index (χ3v) is 5.34. The van der Waals surface area contributed by atoms with E-state index >= 15 is 0 Å². The van der Waals surface area contributed by atoms with Crippen LogP contribution in [0.1, 0.15) is 11.1 Å². The number of halogens is 3. The van der Waals surface area contributed by atoms with Crippen LogP contribution < -0.4 is 26.4 Å². The summed E-state index contributed by atoms with van der Waals surface area (Å²) >= 11 is 12.3. The van der Waals surface area contributed by atoms with Crippen molar-refractivity contribution in [1.29, 1.82) is 0 Å². The van der Waals surface area contributed by atoms with Gasteiger partial charge in [-0.2, -0.15) is 0 Å². The molecule has 0 bridgehead atoms. The lowest BCUT2D eigenvalue weighted by Gasteiger charge is -2.28. The second-order valence-corrected chi connectivity index (χ2v) is 7.02. The maximum atomic E-state index is 11.6. The molecule has 2 heterocycles. The first kappa shape index (κ1) is 19.2. The Balaban J connectivity index is 0.00000196. The van der Waals surface area contributed by atoms with Gasteiger partial charge in [0.1, 0.15) is 6.54 Å². The topological polar surface area (TPSA) is 27.4 Å². The van der Waals surface area contributed by atoms with E-state index in [1.807, 2.05) is 58.1 Å². The van der Waals surface area contributed by atoms with Gasteiger partial charge < -0.3 is 22.1 Å². The SMILES string of the molecule is OC1(c2ccc(Cl)c(Cl)c2)C[n+]2ccccc2N1Cc1ccccc1.[Br-]. The molecule has 1 N–H and O–H groups in total. The van der Waals surface area contributed by atoms with Crippen LogP contribution in [0.5, 0.6) is 0 Å². The van der Waals surface area contributed by atoms with E-state index in [1.165, 1.54) is 0 Å². The lowest BCUT2D eigenvalue weighted by molar-refractivity contribution is -0.683. The molecule has 0 amide bonds. The summed E-state index contributed by atoms with van der Waals surface area (Å²) in [6.45, 7) is 1.01. The van der Waals surface area contributed by atoms with Crippen LogP contribution in [0.4, 0.5) is 5.82 Å². The number of fused-ring (bicyclic) bond motifs is 1. The molecule has 6 heteroatoms. The Labute approximate surface area is 173 Å². The number of aromatic nitrogens is 1. The summed E-state index contributed by atoms with van der Waals surface area (Å²) in [7, 11) is 0. The van der Waals surface area contributed by atoms with E-state index in [4.69, 9.17) is 23.2 Å². The van der Waals surface area contributed by atoms with E-state index in [-0.39, 0.29) is 17.0 Å². The molecule has 1 aliphatic rings. The molecule has 1 atom stereocenters. The fourth-order valence-electron chi connectivity index (χ4n) is 3.33. The van der Waals surface area contributed by atoms with Gasteiger partial charge in [0.25, 0.3) is 11.5 Å². The number of hydrogen-bond donors (Lipinski definition) is 1. The minimum absolute atomic E-state index is 0. The summed E-state index contributed by atoms with van der Waals surface area (Å²) in [4.78, 5) is 2.00. The van der Waals surface area contributed by atoms with Crippen molar-refractivity contribution in [2.24, 2.45) is 0 Å². The van der Waals surface area contributed by atoms with Crippen molar-refractivity contribution in [3.8, 4) is 0 Å². The average molecular weight is 452 g/mol. The van der Waals surface area contributed by atoms with Crippen LogP contribution in [-0.4, -0.2) is 5.11 Å². The highest BCUT2D eigenvalue weighted by molar-refractivity contribution is 6.42. The quantitative estimate of drug-likeness (QED) is 0.605. The monoisotopic (exact) mass is 450 g/mol. The number of aliphatic hydroxyl groups is 1. The molecule has 0 saturated heterocycles. The summed E-state index contributed by atoms with van der Waals surface area (Å²) in [5, 5.41) is 12.5. The second-order valence-electron chi connectivity index (χ2n) is 6.20. The third-order valence-electron chi connectivity index (χ3n) is 4.60. The van der Waals surface area contributed by atoms with Crippen LogP contribution in [0, 0.1) is 0 Å². The highest BCUT2D eigenvalue weighted by atomic mass is 79.9. The summed E-state index contributed by atoms with van der Waals surface area (Å²) in [5.41, 5.74) is 0.651. The van der Waals surface area contributed by atoms with Crippen LogP contribution in [0.15, 0.2) is 72.9 Å². The first-order valence-corrected chi connectivity index (χ1v) is 8.81. The molecule has 4 rings (SSSR count). The van der Waals surface area contributed by atoms with Gasteiger partial charge in [-0.1, -0.05) is 65.7 Å². The lowest BCUT2D eigenvalue weighted by Crippen LogP contribution is -3.00. The molecule has 0 spiro atoms. The Morgan fingerprint density at radius 2 is 1.69 bits per heavy atom. The van der Waals surface area contributed by atoms with E-state index in [0.29, 0.717) is 23.1 Å². The maximum Gasteiger partial charge on any atom is 0.279 e. The van der Waals surface area contributed by atoms with Crippen LogP contribution in [0.2, 0.25) is 10.0 Å². The average Bonchev–Trinajstić information content (AvgIpc) is 2.91. The predicted molar refractivity (Wildman–Crippen MR) is 99.6 cm³/mol. The van der Waals surface area contributed by atoms with Crippen molar-refractivity contribution in [3.63, 3.8) is 0 Å². The molecule has 2 aromatic carbocycles. The minimum atomic E-state index is -1.20. The molecule has 134 valence electrons. The number of pyridine rings is 1. The maximum absolute atomic E-state index is 11.6. The van der Waals surface area contributed by atoms with Crippen molar-refractivity contribution in [2.45, 2.75) is 18.8 Å². The zero-order chi connectivity index (χ0) is 17.4. The number of nitrogens with zero attached hydrogens (tertiary/aromatic N) is 2. The van der Waals surface area contributed by atoms with Gasteiger partial charge in [0.05, 0.1) is 16.2 Å². The predicted octanol–water partition coefficient (Wildman–Crippen LogP) is 1.15. The molecule has 3 nitrogen and oxygen atoms in total. The molecule has 0 aliphatic carbocycles. The van der Waals surface area contributed by atoms with Gasteiger partial charge in [-0.15, -0.1) is 0 Å². The molecule has 1 unspecified atom stereocenters. The third kappa shape index (κ3) is 3.35. The van der Waals surface area contributed by atoms with Gasteiger partial charge in [0.2, 0.25) is 0 Å². The van der Waals surface area contributed by atoms with Crippen molar-refractivity contribution >= 4 is 29.0 Å². The summed E-state index contributed by atoms with van der Waals surface area (Å²) in [6, 6.07) is 21.4. The molecule has 0 saturated carbocycles. The normalized spacial score (nSPS) is 18.3. The van der Waals surface area contributed by atoms with E-state index in [9.17, 15) is 5.11 Å². The van der Waals surface area contributed by atoms with Gasteiger partial charge in [-0.25, -0.2) is 9.47 Å². The zero-order valence-corrected chi connectivity index (χ0v) is 16.9. The Hall–Kier alpha value is -1.59. The van der Waals surface area contributed by atoms with E-state index in [0.717, 1.165) is 16.9 Å². The van der Waals surface area contributed by atoms with Gasteiger partial charge in [0, 0.05) is 11.6 Å². The van der Waals surface area contributed by atoms with E-state index < -0.39 is 5.72 Å². The second kappa shape index (κ2) is 7.57.